The number of nitrogens with two attached hydrogens (primary N) is 1. The zero-order chi connectivity index (χ0) is 18.1. The van der Waals surface area contributed by atoms with Crippen LogP contribution in [-0.4, -0.2) is 16.8 Å². The first kappa shape index (κ1) is 19.5. The fraction of sp³-hybridized carbons (Fsp3) is 0.0769. The summed E-state index contributed by atoms with van der Waals surface area (Å²) in [7, 11) is -7.80. The molecule has 0 radical (unpaired) electrons. The van der Waals surface area contributed by atoms with E-state index in [4.69, 9.17) is 39.9 Å². The van der Waals surface area contributed by atoms with E-state index in [1.165, 1.54) is 36.4 Å². The van der Waals surface area contributed by atoms with Gasteiger partial charge < -0.3 is 0 Å². The molecule has 0 saturated heterocycles. The molecular weight excluding hydrogens is 419 g/mol. The van der Waals surface area contributed by atoms with E-state index in [2.05, 4.69) is 4.72 Å². The van der Waals surface area contributed by atoms with Crippen molar-refractivity contribution in [1.29, 1.82) is 0 Å². The molecule has 24 heavy (non-hydrogen) atoms. The summed E-state index contributed by atoms with van der Waals surface area (Å²) in [4.78, 5) is -0.353. The summed E-state index contributed by atoms with van der Waals surface area (Å²) in [6.07, 6.45) is 0. The first-order chi connectivity index (χ1) is 11.0. The number of halogens is 3. The number of benzene rings is 2. The third kappa shape index (κ3) is 4.60. The molecule has 0 aliphatic rings. The standard InChI is InChI=1S/C13H11Cl3N2O4S2/c14-9-5-11(15)13(12(16)6-9)24(21,22)18-7-8-1-3-10(4-2-8)23(17,19)20/h1-6,18H,7H2,(H2,17,19,20). The highest BCUT2D eigenvalue weighted by molar-refractivity contribution is 7.89. The maximum atomic E-state index is 12.3. The Balaban J connectivity index is 2.22. The summed E-state index contributed by atoms with van der Waals surface area (Å²) in [6, 6.07) is 7.97. The van der Waals surface area contributed by atoms with E-state index in [9.17, 15) is 16.8 Å². The molecule has 0 aromatic heterocycles. The van der Waals surface area contributed by atoms with Crippen molar-refractivity contribution in [2.24, 2.45) is 5.14 Å². The molecule has 11 heteroatoms. The molecule has 0 spiro atoms. The Labute approximate surface area is 154 Å². The van der Waals surface area contributed by atoms with Crippen LogP contribution in [0.1, 0.15) is 5.56 Å². The van der Waals surface area contributed by atoms with Gasteiger partial charge >= 0.3 is 0 Å². The molecule has 0 saturated carbocycles. The largest absolute Gasteiger partial charge is 0.243 e. The second-order valence-electron chi connectivity index (χ2n) is 4.71. The number of hydrogen-bond donors (Lipinski definition) is 2. The predicted molar refractivity (Wildman–Crippen MR) is 93.3 cm³/mol. The van der Waals surface area contributed by atoms with E-state index >= 15 is 0 Å². The quantitative estimate of drug-likeness (QED) is 0.762. The highest BCUT2D eigenvalue weighted by Gasteiger charge is 2.22. The third-order valence-electron chi connectivity index (χ3n) is 2.95. The zero-order valence-corrected chi connectivity index (χ0v) is 15.7. The molecule has 0 unspecified atom stereocenters. The molecular formula is C13H11Cl3N2O4S2. The molecule has 0 aliphatic heterocycles. The SMILES string of the molecule is NS(=O)(=O)c1ccc(CNS(=O)(=O)c2c(Cl)cc(Cl)cc2Cl)cc1. The van der Waals surface area contributed by atoms with Gasteiger partial charge in [-0.05, 0) is 29.8 Å². The molecule has 3 N–H and O–H groups in total. The van der Waals surface area contributed by atoms with Gasteiger partial charge in [0.2, 0.25) is 20.0 Å². The van der Waals surface area contributed by atoms with Crippen molar-refractivity contribution in [2.45, 2.75) is 16.3 Å². The second kappa shape index (κ2) is 7.17. The lowest BCUT2D eigenvalue weighted by Crippen LogP contribution is -2.24. The van der Waals surface area contributed by atoms with Crippen molar-refractivity contribution in [1.82, 2.24) is 4.72 Å². The van der Waals surface area contributed by atoms with Crippen LogP contribution in [0.15, 0.2) is 46.2 Å². The Morgan fingerprint density at radius 2 is 1.42 bits per heavy atom. The van der Waals surface area contributed by atoms with E-state index in [-0.39, 0.29) is 31.4 Å². The van der Waals surface area contributed by atoms with Crippen molar-refractivity contribution >= 4 is 54.8 Å². The van der Waals surface area contributed by atoms with E-state index in [1.54, 1.807) is 0 Å². The Kier molecular flexibility index (Phi) is 5.81. The molecule has 2 rings (SSSR count). The topological polar surface area (TPSA) is 106 Å². The number of rotatable bonds is 5. The maximum Gasteiger partial charge on any atom is 0.243 e. The number of sulfonamides is 2. The molecule has 0 atom stereocenters. The monoisotopic (exact) mass is 428 g/mol. The van der Waals surface area contributed by atoms with E-state index < -0.39 is 20.0 Å². The highest BCUT2D eigenvalue weighted by atomic mass is 35.5. The number of hydrogen-bond acceptors (Lipinski definition) is 4. The lowest BCUT2D eigenvalue weighted by Gasteiger charge is -2.11. The van der Waals surface area contributed by atoms with Crippen LogP contribution in [0.2, 0.25) is 15.1 Å². The first-order valence-electron chi connectivity index (χ1n) is 6.26. The van der Waals surface area contributed by atoms with Crippen LogP contribution in [0, 0.1) is 0 Å². The molecule has 0 heterocycles. The summed E-state index contributed by atoms with van der Waals surface area (Å²) in [5.41, 5.74) is 0.521. The smallest absolute Gasteiger partial charge is 0.225 e. The van der Waals surface area contributed by atoms with Crippen LogP contribution in [0.25, 0.3) is 0 Å². The fourth-order valence-corrected chi connectivity index (χ4v) is 4.91. The van der Waals surface area contributed by atoms with Crippen molar-refractivity contribution in [3.05, 3.63) is 57.0 Å². The molecule has 2 aromatic carbocycles. The maximum absolute atomic E-state index is 12.3. The predicted octanol–water partition coefficient (Wildman–Crippen LogP) is 2.77. The molecule has 6 nitrogen and oxygen atoms in total. The van der Waals surface area contributed by atoms with Crippen LogP contribution in [0.4, 0.5) is 0 Å². The van der Waals surface area contributed by atoms with Gasteiger partial charge in [-0.15, -0.1) is 0 Å². The summed E-state index contributed by atoms with van der Waals surface area (Å²) < 4.78 is 49.4. The molecule has 2 aromatic rings. The lowest BCUT2D eigenvalue weighted by atomic mass is 10.2. The van der Waals surface area contributed by atoms with Crippen molar-refractivity contribution in [3.63, 3.8) is 0 Å². The zero-order valence-electron chi connectivity index (χ0n) is 11.8. The summed E-state index contributed by atoms with van der Waals surface area (Å²) in [5.74, 6) is 0. The Bertz CT molecular complexity index is 952. The van der Waals surface area contributed by atoms with Gasteiger partial charge in [0.25, 0.3) is 0 Å². The Hall–Kier alpha value is -0.870. The average Bonchev–Trinajstić information content (AvgIpc) is 2.43. The minimum atomic E-state index is -3.99. The van der Waals surface area contributed by atoms with E-state index in [0.717, 1.165) is 0 Å². The average molecular weight is 430 g/mol. The van der Waals surface area contributed by atoms with Gasteiger partial charge in [-0.3, -0.25) is 0 Å². The van der Waals surface area contributed by atoms with E-state index in [1.807, 2.05) is 0 Å². The van der Waals surface area contributed by atoms with Crippen LogP contribution < -0.4 is 9.86 Å². The van der Waals surface area contributed by atoms with Gasteiger partial charge in [0.15, 0.2) is 0 Å². The van der Waals surface area contributed by atoms with Crippen LogP contribution in [0.3, 0.4) is 0 Å². The minimum absolute atomic E-state index is 0.0714. The van der Waals surface area contributed by atoms with Gasteiger partial charge in [0, 0.05) is 11.6 Å². The van der Waals surface area contributed by atoms with Gasteiger partial charge in [-0.2, -0.15) is 0 Å². The summed E-state index contributed by atoms with van der Waals surface area (Å²) in [5, 5.41) is 4.99. The van der Waals surface area contributed by atoms with Crippen LogP contribution >= 0.6 is 34.8 Å². The number of nitrogens with one attached hydrogen (secondary N) is 1. The normalized spacial score (nSPS) is 12.3. The van der Waals surface area contributed by atoms with E-state index in [0.29, 0.717) is 5.56 Å². The Morgan fingerprint density at radius 1 is 0.917 bits per heavy atom. The van der Waals surface area contributed by atoms with Gasteiger partial charge in [-0.1, -0.05) is 46.9 Å². The van der Waals surface area contributed by atoms with Gasteiger partial charge in [-0.25, -0.2) is 26.7 Å². The summed E-state index contributed by atoms with van der Waals surface area (Å²) in [6.45, 7) is -0.0947. The van der Waals surface area contributed by atoms with Crippen molar-refractivity contribution in [3.8, 4) is 0 Å². The van der Waals surface area contributed by atoms with Crippen molar-refractivity contribution in [2.75, 3.05) is 0 Å². The summed E-state index contributed by atoms with van der Waals surface area (Å²) >= 11 is 17.6. The van der Waals surface area contributed by atoms with Gasteiger partial charge in [0.05, 0.1) is 14.9 Å². The third-order valence-corrected chi connectivity index (χ3v) is 6.42. The molecule has 0 bridgehead atoms. The molecule has 0 amide bonds. The lowest BCUT2D eigenvalue weighted by molar-refractivity contribution is 0.581. The molecule has 0 aliphatic carbocycles. The van der Waals surface area contributed by atoms with Crippen molar-refractivity contribution < 1.29 is 16.8 Å². The highest BCUT2D eigenvalue weighted by Crippen LogP contribution is 2.32. The molecule has 130 valence electrons. The Morgan fingerprint density at radius 3 is 1.88 bits per heavy atom. The first-order valence-corrected chi connectivity index (χ1v) is 10.4. The minimum Gasteiger partial charge on any atom is -0.225 e. The second-order valence-corrected chi connectivity index (χ2v) is 9.23. The molecule has 0 fully saturated rings. The van der Waals surface area contributed by atoms with Crippen LogP contribution in [0.5, 0.6) is 0 Å². The number of primary sulfonamides is 1. The van der Waals surface area contributed by atoms with Gasteiger partial charge in [0.1, 0.15) is 4.90 Å². The van der Waals surface area contributed by atoms with Crippen LogP contribution in [-0.2, 0) is 26.6 Å². The fourth-order valence-electron chi connectivity index (χ4n) is 1.83.